The Hall–Kier alpha value is -2.15. The zero-order chi connectivity index (χ0) is 13.0. The lowest BCUT2D eigenvalue weighted by Gasteiger charge is -1.97. The Morgan fingerprint density at radius 3 is 3.06 bits per heavy atom. The maximum absolute atomic E-state index is 11.7. The molecule has 0 aliphatic rings. The van der Waals surface area contributed by atoms with Gasteiger partial charge in [-0.2, -0.15) is 4.98 Å². The Morgan fingerprint density at radius 1 is 1.56 bits per heavy atom. The predicted octanol–water partition coefficient (Wildman–Crippen LogP) is 2.17. The van der Waals surface area contributed by atoms with Crippen molar-refractivity contribution in [2.24, 2.45) is 0 Å². The minimum Gasteiger partial charge on any atom is -0.461 e. The van der Waals surface area contributed by atoms with Gasteiger partial charge in [0.25, 0.3) is 5.91 Å². The molecule has 0 saturated heterocycles. The topological polar surface area (TPSA) is 81.4 Å². The van der Waals surface area contributed by atoms with Crippen molar-refractivity contribution >= 4 is 29.2 Å². The molecule has 0 saturated carbocycles. The highest BCUT2D eigenvalue weighted by atomic mass is 32.1. The lowest BCUT2D eigenvalue weighted by atomic mass is 10.4. The van der Waals surface area contributed by atoms with Crippen molar-refractivity contribution in [3.05, 3.63) is 34.3 Å². The normalized spacial score (nSPS) is 10.1. The lowest BCUT2D eigenvalue weighted by molar-refractivity contribution is 0.0519. The van der Waals surface area contributed by atoms with Gasteiger partial charge in [-0.1, -0.05) is 6.07 Å². The Labute approximate surface area is 107 Å². The minimum atomic E-state index is -0.585. The zero-order valence-electron chi connectivity index (χ0n) is 9.50. The van der Waals surface area contributed by atoms with Gasteiger partial charge in [-0.3, -0.25) is 10.1 Å². The van der Waals surface area contributed by atoms with Crippen molar-refractivity contribution in [1.82, 2.24) is 4.98 Å². The Bertz CT molecular complexity index is 547. The molecular formula is C11H10N2O4S. The molecular weight excluding hydrogens is 256 g/mol. The van der Waals surface area contributed by atoms with Gasteiger partial charge in [-0.15, -0.1) is 11.3 Å². The molecule has 0 aliphatic carbocycles. The summed E-state index contributed by atoms with van der Waals surface area (Å²) < 4.78 is 9.71. The number of hydrogen-bond donors (Lipinski definition) is 1. The van der Waals surface area contributed by atoms with Gasteiger partial charge in [0.15, 0.2) is 5.69 Å². The first kappa shape index (κ1) is 12.3. The number of esters is 1. The van der Waals surface area contributed by atoms with E-state index in [-0.39, 0.29) is 24.2 Å². The minimum absolute atomic E-state index is 0.0262. The highest BCUT2D eigenvalue weighted by Crippen LogP contribution is 2.13. The molecule has 2 rings (SSSR count). The van der Waals surface area contributed by atoms with Crippen molar-refractivity contribution in [1.29, 1.82) is 0 Å². The number of nitrogens with zero attached hydrogens (tertiary/aromatic N) is 1. The van der Waals surface area contributed by atoms with Crippen molar-refractivity contribution < 1.29 is 18.7 Å². The number of rotatable bonds is 4. The van der Waals surface area contributed by atoms with Gasteiger partial charge in [0, 0.05) is 0 Å². The molecule has 1 N–H and O–H groups in total. The van der Waals surface area contributed by atoms with E-state index in [1.807, 2.05) is 0 Å². The monoisotopic (exact) mass is 266 g/mol. The number of hydrogen-bond acceptors (Lipinski definition) is 6. The van der Waals surface area contributed by atoms with Crippen LogP contribution in [0.25, 0.3) is 0 Å². The highest BCUT2D eigenvalue weighted by Gasteiger charge is 2.15. The summed E-state index contributed by atoms with van der Waals surface area (Å²) in [5, 5.41) is 4.23. The first-order chi connectivity index (χ1) is 8.70. The largest absolute Gasteiger partial charge is 0.461 e. The number of oxazole rings is 1. The third kappa shape index (κ3) is 2.75. The number of aromatic nitrogens is 1. The number of amides is 1. The van der Waals surface area contributed by atoms with E-state index in [1.165, 1.54) is 11.3 Å². The third-order valence-electron chi connectivity index (χ3n) is 1.95. The molecule has 2 heterocycles. The smallest absolute Gasteiger partial charge is 0.360 e. The van der Waals surface area contributed by atoms with Crippen LogP contribution in [0.1, 0.15) is 27.1 Å². The molecule has 0 radical (unpaired) electrons. The average molecular weight is 266 g/mol. The molecule has 6 nitrogen and oxygen atoms in total. The molecule has 2 aromatic rings. The molecule has 0 bridgehead atoms. The zero-order valence-corrected chi connectivity index (χ0v) is 10.3. The Balaban J connectivity index is 2.03. The van der Waals surface area contributed by atoms with Crippen LogP contribution in [-0.4, -0.2) is 23.5 Å². The number of carbonyl (C=O) groups excluding carboxylic acids is 2. The van der Waals surface area contributed by atoms with Crippen LogP contribution < -0.4 is 5.32 Å². The number of anilines is 1. The van der Waals surface area contributed by atoms with Gasteiger partial charge in [0.1, 0.15) is 6.26 Å². The molecule has 0 atom stereocenters. The fourth-order valence-electron chi connectivity index (χ4n) is 1.20. The van der Waals surface area contributed by atoms with Crippen molar-refractivity contribution in [3.63, 3.8) is 0 Å². The number of nitrogens with one attached hydrogen (secondary N) is 1. The summed E-state index contributed by atoms with van der Waals surface area (Å²) >= 11 is 1.30. The summed E-state index contributed by atoms with van der Waals surface area (Å²) in [6.45, 7) is 1.94. The molecule has 2 aromatic heterocycles. The standard InChI is InChI=1S/C11H10N2O4S/c1-2-16-10(15)7-6-17-11(12-7)13-9(14)8-4-3-5-18-8/h3-6H,2H2,1H3,(H,12,13,14). The van der Waals surface area contributed by atoms with Crippen LogP contribution in [0.3, 0.4) is 0 Å². The Morgan fingerprint density at radius 2 is 2.39 bits per heavy atom. The van der Waals surface area contributed by atoms with Crippen LogP contribution in [-0.2, 0) is 4.74 Å². The third-order valence-corrected chi connectivity index (χ3v) is 2.82. The summed E-state index contributed by atoms with van der Waals surface area (Å²) in [6, 6.07) is 3.41. The summed E-state index contributed by atoms with van der Waals surface area (Å²) in [5.41, 5.74) is 0.0262. The van der Waals surface area contributed by atoms with E-state index in [0.717, 1.165) is 6.26 Å². The van der Waals surface area contributed by atoms with Gasteiger partial charge in [0.05, 0.1) is 11.5 Å². The summed E-state index contributed by atoms with van der Waals surface area (Å²) in [5.74, 6) is -0.917. The van der Waals surface area contributed by atoms with E-state index in [9.17, 15) is 9.59 Å². The number of carbonyl (C=O) groups is 2. The maximum Gasteiger partial charge on any atom is 0.360 e. The summed E-state index contributed by atoms with van der Waals surface area (Å²) in [7, 11) is 0. The van der Waals surface area contributed by atoms with Gasteiger partial charge in [-0.25, -0.2) is 4.79 Å². The van der Waals surface area contributed by atoms with E-state index < -0.39 is 5.97 Å². The fourth-order valence-corrected chi connectivity index (χ4v) is 1.82. The maximum atomic E-state index is 11.7. The van der Waals surface area contributed by atoms with Gasteiger partial charge in [0.2, 0.25) is 0 Å². The SMILES string of the molecule is CCOC(=O)c1coc(NC(=O)c2cccs2)n1. The predicted molar refractivity (Wildman–Crippen MR) is 64.7 cm³/mol. The second kappa shape index (κ2) is 5.46. The van der Waals surface area contributed by atoms with Crippen molar-refractivity contribution in [3.8, 4) is 0 Å². The van der Waals surface area contributed by atoms with Crippen LogP contribution >= 0.6 is 11.3 Å². The molecule has 0 fully saturated rings. The van der Waals surface area contributed by atoms with Crippen LogP contribution in [0.4, 0.5) is 6.01 Å². The van der Waals surface area contributed by atoms with Crippen molar-refractivity contribution in [2.75, 3.05) is 11.9 Å². The Kier molecular flexibility index (Phi) is 3.73. The van der Waals surface area contributed by atoms with Gasteiger partial charge < -0.3 is 9.15 Å². The molecule has 94 valence electrons. The molecule has 18 heavy (non-hydrogen) atoms. The first-order valence-corrected chi connectivity index (χ1v) is 6.06. The van der Waals surface area contributed by atoms with Crippen LogP contribution in [0.15, 0.2) is 28.2 Å². The molecule has 0 unspecified atom stereocenters. The molecule has 0 aromatic carbocycles. The second-order valence-electron chi connectivity index (χ2n) is 3.19. The van der Waals surface area contributed by atoms with E-state index >= 15 is 0 Å². The highest BCUT2D eigenvalue weighted by molar-refractivity contribution is 7.12. The first-order valence-electron chi connectivity index (χ1n) is 5.18. The summed E-state index contributed by atoms with van der Waals surface area (Å²) in [6.07, 6.45) is 1.14. The van der Waals surface area contributed by atoms with Crippen LogP contribution in [0.5, 0.6) is 0 Å². The van der Waals surface area contributed by atoms with Crippen LogP contribution in [0.2, 0.25) is 0 Å². The van der Waals surface area contributed by atoms with Gasteiger partial charge in [-0.05, 0) is 18.4 Å². The summed E-state index contributed by atoms with van der Waals surface area (Å²) in [4.78, 5) is 27.3. The quantitative estimate of drug-likeness (QED) is 0.857. The average Bonchev–Trinajstić information content (AvgIpc) is 2.99. The molecule has 0 spiro atoms. The lowest BCUT2D eigenvalue weighted by Crippen LogP contribution is -2.11. The number of ether oxygens (including phenoxy) is 1. The molecule has 0 aliphatic heterocycles. The van der Waals surface area contributed by atoms with Crippen molar-refractivity contribution in [2.45, 2.75) is 6.92 Å². The fraction of sp³-hybridized carbons (Fsp3) is 0.182. The van der Waals surface area contributed by atoms with E-state index in [2.05, 4.69) is 10.3 Å². The van der Waals surface area contributed by atoms with Crippen LogP contribution in [0, 0.1) is 0 Å². The molecule has 7 heteroatoms. The second-order valence-corrected chi connectivity index (χ2v) is 4.14. The van der Waals surface area contributed by atoms with E-state index in [0.29, 0.717) is 4.88 Å². The molecule has 1 amide bonds. The number of thiophene rings is 1. The van der Waals surface area contributed by atoms with Gasteiger partial charge >= 0.3 is 12.0 Å². The van der Waals surface area contributed by atoms with E-state index in [4.69, 9.17) is 9.15 Å². The van der Waals surface area contributed by atoms with E-state index in [1.54, 1.807) is 24.4 Å².